The Morgan fingerprint density at radius 3 is 2.41 bits per heavy atom. The van der Waals surface area contributed by atoms with Crippen LogP contribution in [0.4, 0.5) is 4.79 Å². The minimum Gasteiger partial charge on any atom is -0.459 e. The zero-order valence-corrected chi connectivity index (χ0v) is 17.6. The molecule has 2 aromatic heterocycles. The maximum atomic E-state index is 12.6. The van der Waals surface area contributed by atoms with Crippen LogP contribution in [0.1, 0.15) is 31.9 Å². The number of carbonyl (C=O) groups is 2. The van der Waals surface area contributed by atoms with Crippen molar-refractivity contribution in [1.29, 1.82) is 0 Å². The van der Waals surface area contributed by atoms with Gasteiger partial charge in [-0.2, -0.15) is 0 Å². The molecule has 29 heavy (non-hydrogen) atoms. The minimum atomic E-state index is -1.07. The van der Waals surface area contributed by atoms with Gasteiger partial charge in [0, 0.05) is 18.7 Å². The van der Waals surface area contributed by atoms with Crippen LogP contribution in [0.15, 0.2) is 35.3 Å². The largest absolute Gasteiger partial charge is 0.459 e. The minimum absolute atomic E-state index is 0.0415. The van der Waals surface area contributed by atoms with Crippen LogP contribution in [0.5, 0.6) is 0 Å². The molecule has 8 nitrogen and oxygen atoms in total. The predicted octanol–water partition coefficient (Wildman–Crippen LogP) is 3.26. The van der Waals surface area contributed by atoms with E-state index in [1.165, 1.54) is 24.4 Å². The van der Waals surface area contributed by atoms with Crippen LogP contribution < -0.4 is 10.9 Å². The van der Waals surface area contributed by atoms with Gasteiger partial charge in [0.15, 0.2) is 0 Å². The lowest BCUT2D eigenvalue weighted by Gasteiger charge is -2.23. The molecule has 0 spiro atoms. The molecule has 2 aromatic rings. The number of H-pyrrole nitrogens is 1. The van der Waals surface area contributed by atoms with E-state index in [1.54, 1.807) is 26.8 Å². The molecule has 0 radical (unpaired) electrons. The van der Waals surface area contributed by atoms with Crippen LogP contribution in [0.3, 0.4) is 0 Å². The number of alkyl carbamates (subject to hydrolysis) is 1. The SMILES string of the molecule is CC(C)(C)OC(=O)N[C@@H](Cc1cc[nH]c(=O)c1)C(=O)OCc1cc(Cl)nc(Cl)c1. The van der Waals surface area contributed by atoms with Crippen LogP contribution in [0.2, 0.25) is 10.3 Å². The summed E-state index contributed by atoms with van der Waals surface area (Å²) in [5.74, 6) is -0.708. The number of rotatable bonds is 6. The zero-order valence-electron chi connectivity index (χ0n) is 16.1. The molecule has 0 aliphatic rings. The molecule has 2 N–H and O–H groups in total. The fourth-order valence-corrected chi connectivity index (χ4v) is 2.85. The topological polar surface area (TPSA) is 110 Å². The van der Waals surface area contributed by atoms with Crippen LogP contribution in [0.25, 0.3) is 0 Å². The average molecular weight is 442 g/mol. The molecule has 1 atom stereocenters. The summed E-state index contributed by atoms with van der Waals surface area (Å²) in [6.45, 7) is 4.98. The Morgan fingerprint density at radius 2 is 1.83 bits per heavy atom. The summed E-state index contributed by atoms with van der Waals surface area (Å²) < 4.78 is 10.5. The standard InChI is InChI=1S/C19H21Cl2N3O5/c1-19(2,3)29-18(27)23-13(6-11-4-5-22-16(25)9-11)17(26)28-10-12-7-14(20)24-15(21)8-12/h4-5,7-9,13H,6,10H2,1-3H3,(H,22,25)(H,23,27)/t13-/m0/s1. The quantitative estimate of drug-likeness (QED) is 0.525. The average Bonchev–Trinajstić information content (AvgIpc) is 2.56. The van der Waals surface area contributed by atoms with Gasteiger partial charge in [-0.3, -0.25) is 4.79 Å². The number of esters is 1. The van der Waals surface area contributed by atoms with Crippen LogP contribution in [-0.4, -0.2) is 33.7 Å². The summed E-state index contributed by atoms with van der Waals surface area (Å²) in [5, 5.41) is 2.81. The van der Waals surface area contributed by atoms with Crippen molar-refractivity contribution in [3.8, 4) is 0 Å². The van der Waals surface area contributed by atoms with Gasteiger partial charge in [0.05, 0.1) is 0 Å². The Kier molecular flexibility index (Phi) is 7.64. The van der Waals surface area contributed by atoms with Crippen molar-refractivity contribution in [2.75, 3.05) is 0 Å². The molecule has 0 fully saturated rings. The molecule has 1 amide bonds. The summed E-state index contributed by atoms with van der Waals surface area (Å²) in [5.41, 5.74) is 0.0118. The van der Waals surface area contributed by atoms with E-state index >= 15 is 0 Å². The van der Waals surface area contributed by atoms with Gasteiger partial charge < -0.3 is 19.8 Å². The number of ether oxygens (including phenoxy) is 2. The summed E-state index contributed by atoms with van der Waals surface area (Å²) in [6.07, 6.45) is 0.716. The fraction of sp³-hybridized carbons (Fsp3) is 0.368. The van der Waals surface area contributed by atoms with Gasteiger partial charge in [-0.15, -0.1) is 0 Å². The first-order chi connectivity index (χ1) is 13.5. The second kappa shape index (κ2) is 9.76. The lowest BCUT2D eigenvalue weighted by atomic mass is 10.1. The molecule has 2 heterocycles. The highest BCUT2D eigenvalue weighted by molar-refractivity contribution is 6.32. The van der Waals surface area contributed by atoms with Crippen molar-refractivity contribution in [2.24, 2.45) is 0 Å². The first kappa shape index (κ1) is 22.7. The molecular formula is C19H21Cl2N3O5. The first-order valence-corrected chi connectivity index (χ1v) is 9.43. The third kappa shape index (κ3) is 8.13. The highest BCUT2D eigenvalue weighted by atomic mass is 35.5. The zero-order chi connectivity index (χ0) is 21.6. The van der Waals surface area contributed by atoms with E-state index in [4.69, 9.17) is 32.7 Å². The number of hydrogen-bond acceptors (Lipinski definition) is 6. The van der Waals surface area contributed by atoms with E-state index in [2.05, 4.69) is 15.3 Å². The van der Waals surface area contributed by atoms with Gasteiger partial charge in [0.1, 0.15) is 28.6 Å². The number of hydrogen-bond donors (Lipinski definition) is 2. The molecule has 156 valence electrons. The van der Waals surface area contributed by atoms with E-state index in [1.807, 2.05) is 0 Å². The van der Waals surface area contributed by atoms with Crippen LogP contribution >= 0.6 is 23.2 Å². The smallest absolute Gasteiger partial charge is 0.408 e. The Hall–Kier alpha value is -2.58. The number of aromatic nitrogens is 2. The number of amides is 1. The molecule has 0 bridgehead atoms. The van der Waals surface area contributed by atoms with E-state index in [9.17, 15) is 14.4 Å². The number of nitrogens with zero attached hydrogens (tertiary/aromatic N) is 1. The van der Waals surface area contributed by atoms with Gasteiger partial charge >= 0.3 is 12.1 Å². The Balaban J connectivity index is 2.12. The number of aromatic amines is 1. The molecule has 0 saturated carbocycles. The molecule has 2 rings (SSSR count). The van der Waals surface area contributed by atoms with Crippen molar-refractivity contribution >= 4 is 35.3 Å². The monoisotopic (exact) mass is 441 g/mol. The van der Waals surface area contributed by atoms with Crippen molar-refractivity contribution in [3.63, 3.8) is 0 Å². The highest BCUT2D eigenvalue weighted by Crippen LogP contribution is 2.16. The van der Waals surface area contributed by atoms with Crippen molar-refractivity contribution < 1.29 is 19.1 Å². The molecule has 0 aliphatic carbocycles. The number of halogens is 2. The molecule has 0 saturated heterocycles. The third-order valence-corrected chi connectivity index (χ3v) is 3.85. The summed E-state index contributed by atoms with van der Waals surface area (Å²) in [4.78, 5) is 42.6. The second-order valence-corrected chi connectivity index (χ2v) is 7.97. The normalized spacial score (nSPS) is 12.2. The van der Waals surface area contributed by atoms with E-state index in [-0.39, 0.29) is 28.9 Å². The molecule has 0 aromatic carbocycles. The van der Waals surface area contributed by atoms with E-state index in [0.29, 0.717) is 11.1 Å². The fourth-order valence-electron chi connectivity index (χ4n) is 2.35. The lowest BCUT2D eigenvalue weighted by Crippen LogP contribution is -2.45. The predicted molar refractivity (Wildman–Crippen MR) is 108 cm³/mol. The maximum Gasteiger partial charge on any atom is 0.408 e. The lowest BCUT2D eigenvalue weighted by molar-refractivity contribution is -0.147. The van der Waals surface area contributed by atoms with Crippen LogP contribution in [0, 0.1) is 0 Å². The molecule has 0 unspecified atom stereocenters. The van der Waals surface area contributed by atoms with Gasteiger partial charge in [0.2, 0.25) is 5.56 Å². The summed E-state index contributed by atoms with van der Waals surface area (Å²) >= 11 is 11.7. The van der Waals surface area contributed by atoms with Gasteiger partial charge in [-0.25, -0.2) is 14.6 Å². The summed E-state index contributed by atoms with van der Waals surface area (Å²) in [7, 11) is 0. The number of carbonyl (C=O) groups excluding carboxylic acids is 2. The van der Waals surface area contributed by atoms with Gasteiger partial charge in [-0.1, -0.05) is 23.2 Å². The Morgan fingerprint density at radius 1 is 1.17 bits per heavy atom. The van der Waals surface area contributed by atoms with Gasteiger partial charge in [0.25, 0.3) is 0 Å². The number of pyridine rings is 2. The highest BCUT2D eigenvalue weighted by Gasteiger charge is 2.26. The summed E-state index contributed by atoms with van der Waals surface area (Å²) in [6, 6.07) is 4.90. The van der Waals surface area contributed by atoms with Crippen molar-refractivity contribution in [1.82, 2.24) is 15.3 Å². The first-order valence-electron chi connectivity index (χ1n) is 8.67. The molecule has 0 aliphatic heterocycles. The van der Waals surface area contributed by atoms with E-state index < -0.39 is 23.7 Å². The Labute approximate surface area is 177 Å². The molecule has 10 heteroatoms. The van der Waals surface area contributed by atoms with E-state index in [0.717, 1.165) is 0 Å². The second-order valence-electron chi connectivity index (χ2n) is 7.19. The maximum absolute atomic E-state index is 12.6. The Bertz CT molecular complexity index is 920. The van der Waals surface area contributed by atoms with Gasteiger partial charge in [-0.05, 0) is 50.1 Å². The van der Waals surface area contributed by atoms with Crippen molar-refractivity contribution in [3.05, 3.63) is 62.2 Å². The van der Waals surface area contributed by atoms with Crippen molar-refractivity contribution in [2.45, 2.75) is 45.4 Å². The molecular weight excluding hydrogens is 421 g/mol. The number of nitrogens with one attached hydrogen (secondary N) is 2. The van der Waals surface area contributed by atoms with Crippen LogP contribution in [-0.2, 0) is 27.3 Å². The third-order valence-electron chi connectivity index (χ3n) is 3.46.